The average Bonchev–Trinajstić information content (AvgIpc) is 3.37. The highest BCUT2D eigenvalue weighted by Gasteiger charge is 2.80. The Bertz CT molecular complexity index is 914. The van der Waals surface area contributed by atoms with Gasteiger partial charge in [-0.25, -0.2) is 0 Å². The van der Waals surface area contributed by atoms with Crippen LogP contribution in [0.3, 0.4) is 0 Å². The summed E-state index contributed by atoms with van der Waals surface area (Å²) in [5.41, 5.74) is -1.39. The van der Waals surface area contributed by atoms with Gasteiger partial charge in [0.05, 0.1) is 19.0 Å². The van der Waals surface area contributed by atoms with Crippen molar-refractivity contribution in [3.63, 3.8) is 0 Å². The fraction of sp³-hybridized carbons (Fsp3) is 0.667. The van der Waals surface area contributed by atoms with E-state index in [-0.39, 0.29) is 41.0 Å². The third-order valence-corrected chi connectivity index (χ3v) is 8.39. The molecule has 7 heteroatoms. The van der Waals surface area contributed by atoms with Crippen molar-refractivity contribution in [3.8, 4) is 11.5 Å². The van der Waals surface area contributed by atoms with Crippen molar-refractivity contribution in [2.45, 2.75) is 67.6 Å². The van der Waals surface area contributed by atoms with E-state index in [0.29, 0.717) is 23.6 Å². The monoisotopic (exact) mass is 388 g/mol. The molecule has 1 aromatic carbocycles. The summed E-state index contributed by atoms with van der Waals surface area (Å²) in [5.74, 6) is 0.451. The number of Topliss-reactive ketones (excluding diaryl/α,β-unsaturated/α-hetero) is 1. The van der Waals surface area contributed by atoms with Crippen molar-refractivity contribution >= 4 is 5.78 Å². The van der Waals surface area contributed by atoms with Crippen LogP contribution in [-0.2, 0) is 10.2 Å². The molecule has 150 valence electrons. The number of piperidine rings is 1. The summed E-state index contributed by atoms with van der Waals surface area (Å²) in [4.78, 5) is 12.8. The molecule has 5 aliphatic rings. The van der Waals surface area contributed by atoms with Gasteiger partial charge in [-0.05, 0) is 30.9 Å². The number of hydrogen-bond acceptors (Lipinski definition) is 6. The second kappa shape index (κ2) is 4.90. The fourth-order valence-corrected chi connectivity index (χ4v) is 7.03. The van der Waals surface area contributed by atoms with Crippen molar-refractivity contribution in [1.82, 2.24) is 0 Å². The molecule has 2 heterocycles. The van der Waals surface area contributed by atoms with Crippen LogP contribution < -0.4 is 4.74 Å². The number of hydrogen-bond donors (Lipinski definition) is 4. The minimum Gasteiger partial charge on any atom is -0.504 e. The highest BCUT2D eigenvalue weighted by atomic mass is 16.5. The van der Waals surface area contributed by atoms with Gasteiger partial charge < -0.3 is 25.2 Å². The predicted molar refractivity (Wildman–Crippen MR) is 96.5 cm³/mol. The Morgan fingerprint density at radius 3 is 2.75 bits per heavy atom. The Kier molecular flexibility index (Phi) is 3.01. The van der Waals surface area contributed by atoms with E-state index in [0.717, 1.165) is 12.8 Å². The first-order valence-corrected chi connectivity index (χ1v) is 10.2. The summed E-state index contributed by atoms with van der Waals surface area (Å²) in [7, 11) is 1.93. The van der Waals surface area contributed by atoms with Crippen LogP contribution in [0.4, 0.5) is 0 Å². The number of ether oxygens (including phenoxy) is 1. The Morgan fingerprint density at radius 1 is 1.29 bits per heavy atom. The smallest absolute Gasteiger partial charge is 0.191 e. The average molecular weight is 388 g/mol. The van der Waals surface area contributed by atoms with Crippen LogP contribution in [0.2, 0.25) is 0 Å². The molecule has 0 radical (unpaired) electrons. The zero-order chi connectivity index (χ0) is 19.6. The Labute approximate surface area is 162 Å². The Morgan fingerprint density at radius 2 is 2.04 bits per heavy atom. The lowest BCUT2D eigenvalue weighted by atomic mass is 9.47. The molecule has 1 saturated heterocycles. The minimum absolute atomic E-state index is 0.0985. The van der Waals surface area contributed by atoms with E-state index in [4.69, 9.17) is 4.74 Å². The van der Waals surface area contributed by atoms with Gasteiger partial charge in [-0.3, -0.25) is 9.28 Å². The normalized spacial score (nSPS) is 48.2. The number of carbonyl (C=O) groups is 1. The molecular weight excluding hydrogens is 362 g/mol. The van der Waals surface area contributed by atoms with Crippen molar-refractivity contribution in [2.75, 3.05) is 13.6 Å². The molecule has 4 N–H and O–H groups in total. The van der Waals surface area contributed by atoms with Crippen LogP contribution in [0.15, 0.2) is 12.1 Å². The van der Waals surface area contributed by atoms with Gasteiger partial charge in [0.15, 0.2) is 35.7 Å². The molecule has 3 fully saturated rings. The second-order valence-electron chi connectivity index (χ2n) is 9.79. The third kappa shape index (κ3) is 1.66. The highest BCUT2D eigenvalue weighted by Crippen LogP contribution is 2.68. The van der Waals surface area contributed by atoms with E-state index in [1.807, 2.05) is 7.05 Å². The van der Waals surface area contributed by atoms with Crippen LogP contribution >= 0.6 is 0 Å². The molecule has 0 aromatic heterocycles. The van der Waals surface area contributed by atoms with Crippen molar-refractivity contribution in [1.29, 1.82) is 0 Å². The van der Waals surface area contributed by atoms with Crippen molar-refractivity contribution < 1.29 is 34.4 Å². The molecule has 28 heavy (non-hydrogen) atoms. The number of phenolic OH excluding ortho intramolecular Hbond substituents is 1. The van der Waals surface area contributed by atoms with Crippen LogP contribution in [0, 0.1) is 5.92 Å². The lowest BCUT2D eigenvalue weighted by molar-refractivity contribution is -0.996. The maximum absolute atomic E-state index is 12.8. The quantitative estimate of drug-likeness (QED) is 0.549. The maximum atomic E-state index is 12.8. The summed E-state index contributed by atoms with van der Waals surface area (Å²) in [6.07, 6.45) is -0.00987. The topological polar surface area (TPSA) is 107 Å². The number of aliphatic hydroxyl groups is 3. The molecule has 2 saturated carbocycles. The molecule has 2 bridgehead atoms. The molecule has 7 atom stereocenters. The van der Waals surface area contributed by atoms with Gasteiger partial charge in [-0.15, -0.1) is 0 Å². The van der Waals surface area contributed by atoms with Crippen LogP contribution in [0.5, 0.6) is 11.5 Å². The second-order valence-corrected chi connectivity index (χ2v) is 9.79. The number of rotatable bonds is 2. The minimum atomic E-state index is -1.39. The highest BCUT2D eigenvalue weighted by molar-refractivity contribution is 5.90. The van der Waals surface area contributed by atoms with E-state index < -0.39 is 35.5 Å². The maximum Gasteiger partial charge on any atom is 0.191 e. The number of quaternary nitrogens is 1. The molecule has 3 aliphatic carbocycles. The molecule has 1 spiro atoms. The number of aliphatic hydroxyl groups excluding tert-OH is 2. The summed E-state index contributed by atoms with van der Waals surface area (Å²) in [6, 6.07) is 2.51. The van der Waals surface area contributed by atoms with Crippen LogP contribution in [0.1, 0.15) is 49.3 Å². The van der Waals surface area contributed by atoms with Crippen LogP contribution in [-0.4, -0.2) is 68.3 Å². The van der Waals surface area contributed by atoms with Gasteiger partial charge in [0.2, 0.25) is 0 Å². The summed E-state index contributed by atoms with van der Waals surface area (Å²) in [5, 5.41) is 45.3. The number of ketones is 1. The first-order valence-electron chi connectivity index (χ1n) is 10.2. The first kappa shape index (κ1) is 17.2. The van der Waals surface area contributed by atoms with E-state index >= 15 is 0 Å². The van der Waals surface area contributed by atoms with Gasteiger partial charge in [0.1, 0.15) is 11.7 Å². The summed E-state index contributed by atoms with van der Waals surface area (Å²) < 4.78 is 6.14. The molecular formula is C21H26NO6+. The molecule has 2 unspecified atom stereocenters. The molecule has 2 aliphatic heterocycles. The van der Waals surface area contributed by atoms with E-state index in [2.05, 4.69) is 0 Å². The largest absolute Gasteiger partial charge is 0.504 e. The zero-order valence-corrected chi connectivity index (χ0v) is 15.8. The van der Waals surface area contributed by atoms with E-state index in [1.165, 1.54) is 6.07 Å². The van der Waals surface area contributed by atoms with Gasteiger partial charge in [0, 0.05) is 24.3 Å². The molecule has 6 rings (SSSR count). The van der Waals surface area contributed by atoms with Gasteiger partial charge in [-0.1, -0.05) is 6.07 Å². The van der Waals surface area contributed by atoms with Crippen molar-refractivity contribution in [2.24, 2.45) is 5.92 Å². The first-order chi connectivity index (χ1) is 13.2. The lowest BCUT2D eigenvalue weighted by Crippen LogP contribution is -2.84. The summed E-state index contributed by atoms with van der Waals surface area (Å²) in [6.45, 7) is 0.695. The number of phenols is 1. The molecule has 1 aromatic rings. The number of likely N-dealkylation sites (tertiary alicyclic amines) is 1. The predicted octanol–water partition coefficient (Wildman–Crippen LogP) is 0.479. The number of aromatic hydroxyl groups is 1. The SMILES string of the molecule is C[N@+]1(CC2CC2)C(O)C[C@]23c4c5ccc(O)c4O[C@H]2C(=O)CC[C@@]3(O)[C@H]1C5O. The van der Waals surface area contributed by atoms with Gasteiger partial charge in [0.25, 0.3) is 0 Å². The van der Waals surface area contributed by atoms with E-state index in [1.54, 1.807) is 6.07 Å². The third-order valence-electron chi connectivity index (χ3n) is 8.39. The number of nitrogens with zero attached hydrogens (tertiary/aromatic N) is 1. The lowest BCUT2D eigenvalue weighted by Gasteiger charge is -2.66. The number of benzene rings is 1. The van der Waals surface area contributed by atoms with Crippen LogP contribution in [0.25, 0.3) is 0 Å². The fourth-order valence-electron chi connectivity index (χ4n) is 7.03. The Hall–Kier alpha value is -1.67. The van der Waals surface area contributed by atoms with Gasteiger partial charge in [-0.2, -0.15) is 0 Å². The Balaban J connectivity index is 1.66. The molecule has 0 amide bonds. The number of carbonyl (C=O) groups excluding carboxylic acids is 1. The zero-order valence-electron chi connectivity index (χ0n) is 15.8. The summed E-state index contributed by atoms with van der Waals surface area (Å²) >= 11 is 0. The number of likely N-dealkylation sites (N-methyl/N-ethyl adjacent to an activating group) is 1. The van der Waals surface area contributed by atoms with E-state index in [9.17, 15) is 25.2 Å². The molecule has 7 nitrogen and oxygen atoms in total. The standard InChI is InChI=1S/C21H25NO6/c1-22(9-10-2-3-10)14(25)8-20-15-11-4-5-12(23)17(15)28-19(20)13(24)6-7-21(20,27)18(22)16(11)26/h4-5,10,14,16,18-19,25-27H,2-3,6-9H2,1H3/p+1/t14?,16?,18-,19+,20+,21-,22+/m1/s1. The van der Waals surface area contributed by atoms with Gasteiger partial charge >= 0.3 is 0 Å². The van der Waals surface area contributed by atoms with Crippen molar-refractivity contribution in [3.05, 3.63) is 23.3 Å².